The molecule has 0 saturated carbocycles. The summed E-state index contributed by atoms with van der Waals surface area (Å²) in [4.78, 5) is 10.9. The number of benzene rings is 1. The number of rotatable bonds is 3. The van der Waals surface area contributed by atoms with Crippen LogP contribution in [0.4, 0.5) is 0 Å². The summed E-state index contributed by atoms with van der Waals surface area (Å²) in [6.07, 6.45) is 1.31. The fraction of sp³-hybridized carbons (Fsp3) is 0.375. The van der Waals surface area contributed by atoms with Crippen LogP contribution in [0.2, 0.25) is 0 Å². The first kappa shape index (κ1) is 18.2. The van der Waals surface area contributed by atoms with Gasteiger partial charge in [-0.25, -0.2) is 0 Å². The molecule has 0 aromatic heterocycles. The molecule has 0 radical (unpaired) electrons. The largest absolute Gasteiger partial charge is 0.293 e. The zero-order valence-electron chi connectivity index (χ0n) is 13.0. The highest BCUT2D eigenvalue weighted by Crippen LogP contribution is 2.39. The topological polar surface area (TPSA) is 63.6 Å². The molecule has 0 heterocycles. The van der Waals surface area contributed by atoms with Crippen LogP contribution in [0.15, 0.2) is 51.3 Å². The molecule has 2 rings (SSSR count). The number of carbonyl (C=O) groups excluding carboxylic acids is 1. The molecule has 0 bridgehead atoms. The van der Waals surface area contributed by atoms with Gasteiger partial charge in [0.25, 0.3) is 10.0 Å². The quantitative estimate of drug-likeness (QED) is 0.760. The van der Waals surface area contributed by atoms with E-state index >= 15 is 0 Å². The maximum absolute atomic E-state index is 12.5. The Morgan fingerprint density at radius 3 is 2.30 bits per heavy atom. The van der Waals surface area contributed by atoms with Gasteiger partial charge in [0.1, 0.15) is 10.3 Å². The first-order valence-corrected chi connectivity index (χ1v) is 9.32. The van der Waals surface area contributed by atoms with E-state index in [4.69, 9.17) is 23.2 Å². The number of nitrogens with zero attached hydrogens (tertiary/aromatic N) is 1. The number of hydrogen-bond acceptors (Lipinski definition) is 3. The molecule has 2 unspecified atom stereocenters. The van der Waals surface area contributed by atoms with E-state index in [1.807, 2.05) is 0 Å². The summed E-state index contributed by atoms with van der Waals surface area (Å²) in [7, 11) is -3.93. The molecule has 4 nitrogen and oxygen atoms in total. The van der Waals surface area contributed by atoms with E-state index in [-0.39, 0.29) is 22.3 Å². The molecule has 2 atom stereocenters. The van der Waals surface area contributed by atoms with Crippen molar-refractivity contribution >= 4 is 44.7 Å². The lowest BCUT2D eigenvalue weighted by Gasteiger charge is -2.36. The summed E-state index contributed by atoms with van der Waals surface area (Å²) in [5.41, 5.74) is 0.519. The minimum absolute atomic E-state index is 0.0609. The molecule has 1 aliphatic carbocycles. The molecule has 0 amide bonds. The number of sulfonamides is 1. The Kier molecular flexibility index (Phi) is 5.04. The number of hydrogen-bond donors (Lipinski definition) is 0. The van der Waals surface area contributed by atoms with Crippen molar-refractivity contribution in [3.8, 4) is 0 Å². The monoisotopic (exact) mass is 373 g/mol. The normalized spacial score (nSPS) is 27.4. The predicted octanol–water partition coefficient (Wildman–Crippen LogP) is 3.59. The van der Waals surface area contributed by atoms with Crippen LogP contribution in [0.25, 0.3) is 0 Å². The Morgan fingerprint density at radius 2 is 1.78 bits per heavy atom. The average molecular weight is 374 g/mol. The minimum atomic E-state index is -3.93. The van der Waals surface area contributed by atoms with Crippen molar-refractivity contribution in [2.45, 2.75) is 35.9 Å². The molecule has 1 aliphatic rings. The molecule has 7 heteroatoms. The third kappa shape index (κ3) is 3.23. The Bertz CT molecular complexity index is 785. The van der Waals surface area contributed by atoms with E-state index in [0.29, 0.717) is 5.57 Å². The van der Waals surface area contributed by atoms with E-state index in [2.05, 4.69) is 4.40 Å². The maximum atomic E-state index is 12.5. The van der Waals surface area contributed by atoms with Crippen LogP contribution < -0.4 is 0 Å². The van der Waals surface area contributed by atoms with Crippen LogP contribution in [0, 0.1) is 5.92 Å². The second-order valence-electron chi connectivity index (χ2n) is 5.74. The zero-order valence-corrected chi connectivity index (χ0v) is 15.3. The van der Waals surface area contributed by atoms with E-state index < -0.39 is 20.3 Å². The molecule has 124 valence electrons. The van der Waals surface area contributed by atoms with E-state index in [0.717, 1.165) is 0 Å². The summed E-state index contributed by atoms with van der Waals surface area (Å²) in [6.45, 7) is 5.12. The molecular weight excluding hydrogens is 357 g/mol. The van der Waals surface area contributed by atoms with Crippen LogP contribution >= 0.6 is 23.2 Å². The van der Waals surface area contributed by atoms with Crippen LogP contribution in [0.3, 0.4) is 0 Å². The second kappa shape index (κ2) is 6.38. The smallest absolute Gasteiger partial charge is 0.282 e. The van der Waals surface area contributed by atoms with E-state index in [1.54, 1.807) is 39.0 Å². The van der Waals surface area contributed by atoms with Gasteiger partial charge in [0.15, 0.2) is 5.78 Å². The van der Waals surface area contributed by atoms with Gasteiger partial charge in [0, 0.05) is 0 Å². The Balaban J connectivity index is 2.58. The zero-order chi connectivity index (χ0) is 17.4. The first-order valence-electron chi connectivity index (χ1n) is 7.06. The SMILES string of the molecule is CC1=CC(=O)C(Cl)(C(C)C)C(Cl)/C1=N\S(=O)(=O)c1ccccc1. The first-order chi connectivity index (χ1) is 10.6. The van der Waals surface area contributed by atoms with Gasteiger partial charge in [-0.3, -0.25) is 4.79 Å². The summed E-state index contributed by atoms with van der Waals surface area (Å²) >= 11 is 12.8. The Hall–Kier alpha value is -1.17. The number of ketones is 1. The van der Waals surface area contributed by atoms with E-state index in [1.165, 1.54) is 18.2 Å². The molecular formula is C16H17Cl2NO3S. The number of halogens is 2. The van der Waals surface area contributed by atoms with Gasteiger partial charge >= 0.3 is 0 Å². The molecule has 0 N–H and O–H groups in total. The van der Waals surface area contributed by atoms with Gasteiger partial charge in [-0.1, -0.05) is 32.0 Å². The minimum Gasteiger partial charge on any atom is -0.293 e. The standard InChI is InChI=1S/C16H17Cl2NO3S/c1-10(2)16(18)13(20)9-11(3)14(15(16)17)19-23(21,22)12-7-5-4-6-8-12/h4-10,15H,1-3H3/b19-14-. The predicted molar refractivity (Wildman–Crippen MR) is 92.9 cm³/mol. The van der Waals surface area contributed by atoms with Gasteiger partial charge in [-0.15, -0.1) is 23.2 Å². The third-order valence-corrected chi connectivity index (χ3v) is 6.65. The Morgan fingerprint density at radius 1 is 1.22 bits per heavy atom. The van der Waals surface area contributed by atoms with Crippen LogP contribution in [-0.4, -0.2) is 30.2 Å². The van der Waals surface area contributed by atoms with E-state index in [9.17, 15) is 13.2 Å². The second-order valence-corrected chi connectivity index (χ2v) is 8.41. The van der Waals surface area contributed by atoms with Gasteiger partial charge in [0.05, 0.1) is 10.6 Å². The molecule has 0 aliphatic heterocycles. The van der Waals surface area contributed by atoms with Gasteiger partial charge in [-0.2, -0.15) is 12.8 Å². The molecule has 0 spiro atoms. The highest BCUT2D eigenvalue weighted by molar-refractivity contribution is 7.90. The number of carbonyl (C=O) groups is 1. The molecule has 1 aromatic rings. The molecule has 0 saturated heterocycles. The maximum Gasteiger partial charge on any atom is 0.282 e. The lowest BCUT2D eigenvalue weighted by molar-refractivity contribution is -0.118. The van der Waals surface area contributed by atoms with Crippen LogP contribution in [0.5, 0.6) is 0 Å². The van der Waals surface area contributed by atoms with Crippen molar-refractivity contribution in [1.29, 1.82) is 0 Å². The highest BCUT2D eigenvalue weighted by atomic mass is 35.5. The van der Waals surface area contributed by atoms with Crippen molar-refractivity contribution in [2.24, 2.45) is 10.3 Å². The number of allylic oxidation sites excluding steroid dienone is 2. The molecule has 23 heavy (non-hydrogen) atoms. The van der Waals surface area contributed by atoms with Gasteiger partial charge in [-0.05, 0) is 36.6 Å². The van der Waals surface area contributed by atoms with Crippen molar-refractivity contribution in [3.63, 3.8) is 0 Å². The number of alkyl halides is 2. The summed E-state index contributed by atoms with van der Waals surface area (Å²) in [6, 6.07) is 7.83. The fourth-order valence-electron chi connectivity index (χ4n) is 2.38. The fourth-order valence-corrected chi connectivity index (χ4v) is 4.29. The lowest BCUT2D eigenvalue weighted by Crippen LogP contribution is -2.52. The molecule has 0 fully saturated rings. The van der Waals surface area contributed by atoms with Crippen LogP contribution in [0.1, 0.15) is 20.8 Å². The van der Waals surface area contributed by atoms with Gasteiger partial charge < -0.3 is 0 Å². The van der Waals surface area contributed by atoms with Crippen LogP contribution in [-0.2, 0) is 14.8 Å². The van der Waals surface area contributed by atoms with Crippen molar-refractivity contribution in [3.05, 3.63) is 42.0 Å². The summed E-state index contributed by atoms with van der Waals surface area (Å²) in [5.74, 6) is -0.615. The molecule has 1 aromatic carbocycles. The third-order valence-electron chi connectivity index (χ3n) is 3.84. The highest BCUT2D eigenvalue weighted by Gasteiger charge is 2.50. The van der Waals surface area contributed by atoms with Crippen molar-refractivity contribution < 1.29 is 13.2 Å². The lowest BCUT2D eigenvalue weighted by atomic mass is 9.79. The van der Waals surface area contributed by atoms with Crippen molar-refractivity contribution in [2.75, 3.05) is 0 Å². The summed E-state index contributed by atoms with van der Waals surface area (Å²) < 4.78 is 28.8. The summed E-state index contributed by atoms with van der Waals surface area (Å²) in [5, 5.41) is -1.03. The average Bonchev–Trinajstić information content (AvgIpc) is 2.50. The van der Waals surface area contributed by atoms with Gasteiger partial charge in [0.2, 0.25) is 0 Å². The Labute approximate surface area is 146 Å². The van der Waals surface area contributed by atoms with Crippen molar-refractivity contribution in [1.82, 2.24) is 0 Å².